The lowest BCUT2D eigenvalue weighted by molar-refractivity contribution is 0.593. The molecule has 0 radical (unpaired) electrons. The highest BCUT2D eigenvalue weighted by Crippen LogP contribution is 2.42. The Kier molecular flexibility index (Phi) is 3.21. The average molecular weight is 377 g/mol. The van der Waals surface area contributed by atoms with Crippen LogP contribution in [-0.4, -0.2) is 17.8 Å². The van der Waals surface area contributed by atoms with Crippen molar-refractivity contribution in [3.05, 3.63) is 82.4 Å². The van der Waals surface area contributed by atoms with Crippen molar-refractivity contribution >= 4 is 32.1 Å². The normalized spacial score (nSPS) is 14.9. The lowest BCUT2D eigenvalue weighted by Gasteiger charge is -2.18. The van der Waals surface area contributed by atoms with E-state index in [2.05, 4.69) is 4.98 Å². The highest BCUT2D eigenvalue weighted by Gasteiger charge is 2.35. The Morgan fingerprint density at radius 3 is 2.63 bits per heavy atom. The van der Waals surface area contributed by atoms with Gasteiger partial charge >= 0.3 is 0 Å². The highest BCUT2D eigenvalue weighted by molar-refractivity contribution is 7.93. The quantitative estimate of drug-likeness (QED) is 0.539. The summed E-state index contributed by atoms with van der Waals surface area (Å²) in [5, 5.41) is 1.59. The summed E-state index contributed by atoms with van der Waals surface area (Å²) in [5.74, 6) is 0. The molecule has 3 heterocycles. The van der Waals surface area contributed by atoms with E-state index in [0.29, 0.717) is 27.3 Å². The van der Waals surface area contributed by atoms with Crippen LogP contribution < -0.4 is 9.86 Å². The van der Waals surface area contributed by atoms with Crippen LogP contribution in [0.4, 0.5) is 5.69 Å². The minimum absolute atomic E-state index is 0.00973. The second-order valence-corrected chi connectivity index (χ2v) is 8.49. The van der Waals surface area contributed by atoms with Gasteiger partial charge in [-0.25, -0.2) is 13.4 Å². The standard InChI is InChI=1S/C20H15N3O3S/c1-13-8-9-22-18(10-13)21-15(11-19(22)24)12-23-16-6-2-4-14-5-3-7-17(20(14)16)27(23,25)26/h2-11H,12H2,1H3. The summed E-state index contributed by atoms with van der Waals surface area (Å²) in [6.07, 6.45) is 1.67. The van der Waals surface area contributed by atoms with Crippen LogP contribution in [0, 0.1) is 6.92 Å². The molecule has 1 aliphatic rings. The Morgan fingerprint density at radius 1 is 1.04 bits per heavy atom. The molecule has 1 aliphatic heterocycles. The topological polar surface area (TPSA) is 71.8 Å². The van der Waals surface area contributed by atoms with E-state index < -0.39 is 10.0 Å². The number of anilines is 1. The molecule has 0 N–H and O–H groups in total. The van der Waals surface area contributed by atoms with Gasteiger partial charge in [-0.2, -0.15) is 0 Å². The first kappa shape index (κ1) is 16.0. The van der Waals surface area contributed by atoms with Gasteiger partial charge in [-0.05, 0) is 42.1 Å². The molecule has 0 aliphatic carbocycles. The summed E-state index contributed by atoms with van der Waals surface area (Å²) in [5.41, 5.74) is 2.28. The molecule has 134 valence electrons. The van der Waals surface area contributed by atoms with E-state index in [0.717, 1.165) is 10.9 Å². The van der Waals surface area contributed by atoms with Crippen molar-refractivity contribution in [1.29, 1.82) is 0 Å². The van der Waals surface area contributed by atoms with Gasteiger partial charge in [0.25, 0.3) is 15.6 Å². The number of nitrogens with zero attached hydrogens (tertiary/aromatic N) is 3. The molecule has 0 saturated carbocycles. The summed E-state index contributed by atoms with van der Waals surface area (Å²) in [7, 11) is -3.69. The van der Waals surface area contributed by atoms with Crippen LogP contribution in [0.3, 0.4) is 0 Å². The van der Waals surface area contributed by atoms with Gasteiger partial charge in [0, 0.05) is 17.6 Å². The van der Waals surface area contributed by atoms with Crippen molar-refractivity contribution in [2.75, 3.05) is 4.31 Å². The monoisotopic (exact) mass is 377 g/mol. The van der Waals surface area contributed by atoms with Crippen LogP contribution in [0.15, 0.2) is 70.5 Å². The number of rotatable bonds is 2. The molecule has 6 nitrogen and oxygen atoms in total. The molecular formula is C20H15N3O3S. The number of pyridine rings is 1. The van der Waals surface area contributed by atoms with Crippen molar-refractivity contribution in [3.8, 4) is 0 Å². The van der Waals surface area contributed by atoms with Crippen molar-refractivity contribution in [2.24, 2.45) is 0 Å². The molecule has 0 unspecified atom stereocenters. The first-order chi connectivity index (χ1) is 12.9. The Morgan fingerprint density at radius 2 is 1.81 bits per heavy atom. The van der Waals surface area contributed by atoms with Gasteiger partial charge in [0.15, 0.2) is 0 Å². The fourth-order valence-corrected chi connectivity index (χ4v) is 5.29. The number of benzene rings is 2. The maximum Gasteiger partial charge on any atom is 0.265 e. The van der Waals surface area contributed by atoms with Gasteiger partial charge < -0.3 is 0 Å². The van der Waals surface area contributed by atoms with E-state index in [1.165, 1.54) is 14.8 Å². The molecule has 2 aromatic carbocycles. The molecule has 0 atom stereocenters. The Balaban J connectivity index is 1.68. The molecule has 2 aromatic heterocycles. The molecule has 5 rings (SSSR count). The molecule has 4 aromatic rings. The van der Waals surface area contributed by atoms with E-state index in [-0.39, 0.29) is 12.1 Å². The molecule has 0 saturated heterocycles. The predicted octanol–water partition coefficient (Wildman–Crippen LogP) is 2.87. The molecule has 0 amide bonds. The smallest absolute Gasteiger partial charge is 0.265 e. The summed E-state index contributed by atoms with van der Waals surface area (Å²) in [6.45, 7) is 1.93. The van der Waals surface area contributed by atoms with E-state index in [1.54, 1.807) is 30.5 Å². The minimum atomic E-state index is -3.69. The number of aryl methyl sites for hydroxylation is 1. The van der Waals surface area contributed by atoms with E-state index in [1.807, 2.05) is 31.2 Å². The maximum atomic E-state index is 13.1. The molecule has 0 bridgehead atoms. The molecular weight excluding hydrogens is 362 g/mol. The summed E-state index contributed by atoms with van der Waals surface area (Å²) < 4.78 is 29.0. The maximum absolute atomic E-state index is 13.1. The van der Waals surface area contributed by atoms with E-state index in [9.17, 15) is 13.2 Å². The van der Waals surface area contributed by atoms with Gasteiger partial charge in [0.2, 0.25) is 0 Å². The summed E-state index contributed by atoms with van der Waals surface area (Å²) in [4.78, 5) is 17.2. The molecule has 0 fully saturated rings. The van der Waals surface area contributed by atoms with E-state index >= 15 is 0 Å². The largest absolute Gasteiger partial charge is 0.269 e. The Labute approximate surface area is 155 Å². The van der Waals surface area contributed by atoms with E-state index in [4.69, 9.17) is 0 Å². The second kappa shape index (κ2) is 5.40. The zero-order valence-electron chi connectivity index (χ0n) is 14.5. The van der Waals surface area contributed by atoms with Crippen LogP contribution in [0.2, 0.25) is 0 Å². The Hall–Kier alpha value is -3.19. The summed E-state index contributed by atoms with van der Waals surface area (Å²) in [6, 6.07) is 15.8. The number of fused-ring (bicyclic) bond motifs is 1. The number of hydrogen-bond donors (Lipinski definition) is 0. The number of sulfonamides is 1. The van der Waals surface area contributed by atoms with Crippen LogP contribution in [0.1, 0.15) is 11.3 Å². The first-order valence-electron chi connectivity index (χ1n) is 8.48. The molecule has 7 heteroatoms. The third-order valence-corrected chi connectivity index (χ3v) is 6.66. The second-order valence-electron chi connectivity index (χ2n) is 6.66. The lowest BCUT2D eigenvalue weighted by Crippen LogP contribution is -2.28. The summed E-state index contributed by atoms with van der Waals surface area (Å²) >= 11 is 0. The van der Waals surface area contributed by atoms with Crippen molar-refractivity contribution in [1.82, 2.24) is 9.38 Å². The SMILES string of the molecule is Cc1ccn2c(=O)cc(CN3c4cccc5cccc(c45)S3(=O)=O)nc2c1. The van der Waals surface area contributed by atoms with Gasteiger partial charge in [-0.15, -0.1) is 0 Å². The molecule has 0 spiro atoms. The average Bonchev–Trinajstić information content (AvgIpc) is 2.85. The predicted molar refractivity (Wildman–Crippen MR) is 104 cm³/mol. The zero-order chi connectivity index (χ0) is 18.8. The van der Waals surface area contributed by atoms with Crippen molar-refractivity contribution in [3.63, 3.8) is 0 Å². The van der Waals surface area contributed by atoms with Gasteiger partial charge in [0.1, 0.15) is 5.65 Å². The van der Waals surface area contributed by atoms with Crippen LogP contribution in [0.5, 0.6) is 0 Å². The fraction of sp³-hybridized carbons (Fsp3) is 0.100. The van der Waals surface area contributed by atoms with Crippen LogP contribution >= 0.6 is 0 Å². The minimum Gasteiger partial charge on any atom is -0.269 e. The van der Waals surface area contributed by atoms with Crippen molar-refractivity contribution < 1.29 is 8.42 Å². The van der Waals surface area contributed by atoms with Crippen LogP contribution in [0.25, 0.3) is 16.4 Å². The highest BCUT2D eigenvalue weighted by atomic mass is 32.2. The lowest BCUT2D eigenvalue weighted by atomic mass is 10.1. The third kappa shape index (κ3) is 2.28. The van der Waals surface area contributed by atoms with Crippen molar-refractivity contribution in [2.45, 2.75) is 18.4 Å². The fourth-order valence-electron chi connectivity index (χ4n) is 3.61. The Bertz CT molecular complexity index is 1400. The number of hydrogen-bond acceptors (Lipinski definition) is 4. The first-order valence-corrected chi connectivity index (χ1v) is 9.92. The van der Waals surface area contributed by atoms with Crippen LogP contribution in [-0.2, 0) is 16.6 Å². The van der Waals surface area contributed by atoms with Gasteiger partial charge in [0.05, 0.1) is 22.8 Å². The third-order valence-electron chi connectivity index (χ3n) is 4.86. The molecule has 27 heavy (non-hydrogen) atoms. The van der Waals surface area contributed by atoms with Gasteiger partial charge in [-0.3, -0.25) is 13.5 Å². The van der Waals surface area contributed by atoms with Gasteiger partial charge in [-0.1, -0.05) is 24.3 Å². The number of aromatic nitrogens is 2. The zero-order valence-corrected chi connectivity index (χ0v) is 15.3.